The van der Waals surface area contributed by atoms with Gasteiger partial charge in [-0.3, -0.25) is 4.57 Å². The number of aliphatic hydroxyl groups excluding tert-OH is 1. The zero-order valence-corrected chi connectivity index (χ0v) is 18.0. The van der Waals surface area contributed by atoms with Gasteiger partial charge in [0.25, 0.3) is 0 Å². The van der Waals surface area contributed by atoms with Crippen LogP contribution in [0.1, 0.15) is 11.1 Å². The molecule has 176 valence electrons. The van der Waals surface area contributed by atoms with Gasteiger partial charge < -0.3 is 10.8 Å². The number of rotatable bonds is 4. The molecular weight excluding hydrogens is 462 g/mol. The van der Waals surface area contributed by atoms with E-state index in [9.17, 15) is 22.7 Å². The second-order valence-corrected chi connectivity index (χ2v) is 7.76. The number of anilines is 1. The van der Waals surface area contributed by atoms with E-state index in [2.05, 4.69) is 15.0 Å². The fourth-order valence-electron chi connectivity index (χ4n) is 3.86. The fourth-order valence-corrected chi connectivity index (χ4v) is 3.86. The number of alkyl halides is 3. The Morgan fingerprint density at radius 1 is 0.914 bits per heavy atom. The summed E-state index contributed by atoms with van der Waals surface area (Å²) in [6, 6.07) is 15.7. The first kappa shape index (κ1) is 22.5. The number of aromatic nitrogens is 4. The summed E-state index contributed by atoms with van der Waals surface area (Å²) in [5.41, 5.74) is 7.18. The summed E-state index contributed by atoms with van der Waals surface area (Å²) in [4.78, 5) is 13.3. The van der Waals surface area contributed by atoms with Crippen molar-refractivity contribution in [2.75, 3.05) is 5.73 Å². The first-order valence-corrected chi connectivity index (χ1v) is 10.4. The molecule has 0 unspecified atom stereocenters. The van der Waals surface area contributed by atoms with Crippen LogP contribution in [0.2, 0.25) is 0 Å². The van der Waals surface area contributed by atoms with Crippen LogP contribution >= 0.6 is 0 Å². The molecule has 0 saturated heterocycles. The van der Waals surface area contributed by atoms with E-state index in [0.29, 0.717) is 34.2 Å². The molecule has 35 heavy (non-hydrogen) atoms. The number of hydrogen-bond acceptors (Lipinski definition) is 5. The van der Waals surface area contributed by atoms with E-state index in [1.165, 1.54) is 12.3 Å². The standard InChI is InChI=1S/C25H17F4N5O/c26-15-5-8-17(19(12-15)25(27,28)29)20-9-10-21-24(32-20)34(16-6-3-14(13-35)4-7-16)23(33-21)18-2-1-11-31-22(18)30/h1-12,35H,13H2,(H2,30,31). The third-order valence-electron chi connectivity index (χ3n) is 5.52. The van der Waals surface area contributed by atoms with Crippen LogP contribution in [-0.4, -0.2) is 24.6 Å². The summed E-state index contributed by atoms with van der Waals surface area (Å²) in [7, 11) is 0. The van der Waals surface area contributed by atoms with Crippen LogP contribution in [0.4, 0.5) is 23.4 Å². The van der Waals surface area contributed by atoms with Crippen molar-refractivity contribution in [3.8, 4) is 28.3 Å². The Balaban J connectivity index is 1.79. The maximum absolute atomic E-state index is 13.7. The third-order valence-corrected chi connectivity index (χ3v) is 5.52. The number of nitrogens with two attached hydrogens (primary N) is 1. The molecule has 0 radical (unpaired) electrons. The van der Waals surface area contributed by atoms with Crippen molar-refractivity contribution in [2.24, 2.45) is 0 Å². The number of imidazole rings is 1. The predicted molar refractivity (Wildman–Crippen MR) is 123 cm³/mol. The lowest BCUT2D eigenvalue weighted by atomic mass is 10.0. The number of nitrogen functional groups attached to an aromatic ring is 1. The van der Waals surface area contributed by atoms with Gasteiger partial charge in [0, 0.05) is 17.4 Å². The van der Waals surface area contributed by atoms with E-state index in [1.807, 2.05) is 0 Å². The topological polar surface area (TPSA) is 89.9 Å². The SMILES string of the molecule is Nc1ncccc1-c1nc2ccc(-c3ccc(F)cc3C(F)(F)F)nc2n1-c1ccc(CO)cc1. The Morgan fingerprint density at radius 3 is 2.37 bits per heavy atom. The summed E-state index contributed by atoms with van der Waals surface area (Å²) in [6.07, 6.45) is -3.24. The fraction of sp³-hybridized carbons (Fsp3) is 0.0800. The average molecular weight is 479 g/mol. The molecule has 0 aliphatic heterocycles. The Kier molecular flexibility index (Phi) is 5.45. The van der Waals surface area contributed by atoms with Crippen molar-refractivity contribution in [3.05, 3.63) is 89.9 Å². The molecule has 3 N–H and O–H groups in total. The van der Waals surface area contributed by atoms with Crippen LogP contribution in [0, 0.1) is 5.82 Å². The normalized spacial score (nSPS) is 11.8. The van der Waals surface area contributed by atoms with Gasteiger partial charge in [-0.15, -0.1) is 0 Å². The van der Waals surface area contributed by atoms with Crippen LogP contribution in [0.3, 0.4) is 0 Å². The molecule has 3 aromatic heterocycles. The van der Waals surface area contributed by atoms with Gasteiger partial charge in [0.1, 0.15) is 17.2 Å². The number of fused-ring (bicyclic) bond motifs is 1. The molecular formula is C25H17F4N5O. The molecule has 0 fully saturated rings. The van der Waals surface area contributed by atoms with E-state index < -0.39 is 17.6 Å². The summed E-state index contributed by atoms with van der Waals surface area (Å²) in [5.74, 6) is -0.387. The Morgan fingerprint density at radius 2 is 1.69 bits per heavy atom. The van der Waals surface area contributed by atoms with Crippen molar-refractivity contribution < 1.29 is 22.7 Å². The summed E-state index contributed by atoms with van der Waals surface area (Å²) in [5, 5.41) is 9.40. The number of hydrogen-bond donors (Lipinski definition) is 2. The van der Waals surface area contributed by atoms with Crippen molar-refractivity contribution in [2.45, 2.75) is 12.8 Å². The van der Waals surface area contributed by atoms with E-state index in [0.717, 1.165) is 12.1 Å². The minimum absolute atomic E-state index is 0.00339. The molecule has 0 saturated carbocycles. The molecule has 0 atom stereocenters. The molecule has 0 aliphatic rings. The molecule has 0 spiro atoms. The minimum Gasteiger partial charge on any atom is -0.392 e. The van der Waals surface area contributed by atoms with E-state index in [1.54, 1.807) is 47.0 Å². The summed E-state index contributed by atoms with van der Waals surface area (Å²) >= 11 is 0. The van der Waals surface area contributed by atoms with Gasteiger partial charge in [0.15, 0.2) is 11.5 Å². The number of pyridine rings is 2. The highest BCUT2D eigenvalue weighted by atomic mass is 19.4. The second-order valence-electron chi connectivity index (χ2n) is 7.76. The van der Waals surface area contributed by atoms with Crippen LogP contribution in [0.25, 0.3) is 39.5 Å². The third kappa shape index (κ3) is 4.08. The molecule has 2 aromatic carbocycles. The zero-order chi connectivity index (χ0) is 24.7. The summed E-state index contributed by atoms with van der Waals surface area (Å²) in [6.45, 7) is -0.152. The molecule has 5 aromatic rings. The second kappa shape index (κ2) is 8.48. The Hall–Kier alpha value is -4.31. The number of aliphatic hydroxyl groups is 1. The predicted octanol–water partition coefficient (Wildman–Crippen LogP) is 5.38. The van der Waals surface area contributed by atoms with Gasteiger partial charge in [-0.2, -0.15) is 13.2 Å². The molecule has 0 bridgehead atoms. The highest BCUT2D eigenvalue weighted by molar-refractivity contribution is 5.85. The van der Waals surface area contributed by atoms with E-state index >= 15 is 0 Å². The molecule has 5 rings (SSSR count). The van der Waals surface area contributed by atoms with E-state index in [4.69, 9.17) is 5.73 Å². The van der Waals surface area contributed by atoms with Crippen LogP contribution in [0.5, 0.6) is 0 Å². The lowest BCUT2D eigenvalue weighted by Crippen LogP contribution is -2.08. The monoisotopic (exact) mass is 479 g/mol. The smallest absolute Gasteiger partial charge is 0.392 e. The van der Waals surface area contributed by atoms with Crippen LogP contribution in [-0.2, 0) is 12.8 Å². The van der Waals surface area contributed by atoms with Gasteiger partial charge >= 0.3 is 6.18 Å². The van der Waals surface area contributed by atoms with Crippen LogP contribution in [0.15, 0.2) is 72.9 Å². The first-order chi connectivity index (χ1) is 16.8. The van der Waals surface area contributed by atoms with Crippen molar-refractivity contribution in [3.63, 3.8) is 0 Å². The van der Waals surface area contributed by atoms with Gasteiger partial charge in [0.2, 0.25) is 0 Å². The first-order valence-electron chi connectivity index (χ1n) is 10.4. The Labute approximate surface area is 196 Å². The van der Waals surface area contributed by atoms with Crippen molar-refractivity contribution in [1.29, 1.82) is 0 Å². The van der Waals surface area contributed by atoms with E-state index in [-0.39, 0.29) is 29.3 Å². The maximum atomic E-state index is 13.7. The molecule has 10 heteroatoms. The summed E-state index contributed by atoms with van der Waals surface area (Å²) < 4.78 is 56.3. The molecule has 0 aliphatic carbocycles. The number of halogens is 4. The number of benzene rings is 2. The largest absolute Gasteiger partial charge is 0.417 e. The van der Waals surface area contributed by atoms with Crippen molar-refractivity contribution in [1.82, 2.24) is 19.5 Å². The average Bonchev–Trinajstić information content (AvgIpc) is 3.22. The molecule has 3 heterocycles. The van der Waals surface area contributed by atoms with Crippen LogP contribution < -0.4 is 5.73 Å². The van der Waals surface area contributed by atoms with Gasteiger partial charge in [-0.25, -0.2) is 19.3 Å². The highest BCUT2D eigenvalue weighted by Crippen LogP contribution is 2.38. The highest BCUT2D eigenvalue weighted by Gasteiger charge is 2.34. The van der Waals surface area contributed by atoms with Gasteiger partial charge in [0.05, 0.1) is 23.4 Å². The lowest BCUT2D eigenvalue weighted by Gasteiger charge is -2.13. The van der Waals surface area contributed by atoms with Crippen molar-refractivity contribution >= 4 is 17.0 Å². The minimum atomic E-state index is -4.77. The Bertz CT molecular complexity index is 1540. The lowest BCUT2D eigenvalue weighted by molar-refractivity contribution is -0.137. The van der Waals surface area contributed by atoms with Gasteiger partial charge in [-0.1, -0.05) is 12.1 Å². The quantitative estimate of drug-likeness (QED) is 0.338. The molecule has 0 amide bonds. The molecule has 6 nitrogen and oxygen atoms in total. The van der Waals surface area contributed by atoms with Gasteiger partial charge in [-0.05, 0) is 60.2 Å². The maximum Gasteiger partial charge on any atom is 0.417 e. The zero-order valence-electron chi connectivity index (χ0n) is 18.0. The number of nitrogens with zero attached hydrogens (tertiary/aromatic N) is 4.